The summed E-state index contributed by atoms with van der Waals surface area (Å²) in [5, 5.41) is 2.59. The molecule has 0 saturated heterocycles. The molecule has 174 valence electrons. The lowest BCUT2D eigenvalue weighted by atomic mass is 10.0. The van der Waals surface area contributed by atoms with Crippen LogP contribution < -0.4 is 10.1 Å². The van der Waals surface area contributed by atoms with Crippen LogP contribution in [-0.2, 0) is 9.84 Å². The van der Waals surface area contributed by atoms with Crippen molar-refractivity contribution in [2.24, 2.45) is 0 Å². The summed E-state index contributed by atoms with van der Waals surface area (Å²) in [5.74, 6) is 0.528. The van der Waals surface area contributed by atoms with Crippen molar-refractivity contribution in [3.63, 3.8) is 0 Å². The van der Waals surface area contributed by atoms with Gasteiger partial charge in [0.05, 0.1) is 40.2 Å². The lowest BCUT2D eigenvalue weighted by molar-refractivity contribution is 0.0926. The number of nitrogens with one attached hydrogen (secondary N) is 2. The normalized spacial score (nSPS) is 15.7. The molecule has 4 aromatic rings. The molecule has 1 atom stereocenters. The van der Waals surface area contributed by atoms with Gasteiger partial charge in [0.25, 0.3) is 5.91 Å². The Kier molecular flexibility index (Phi) is 5.57. The molecule has 0 fully saturated rings. The van der Waals surface area contributed by atoms with Gasteiger partial charge in [0.15, 0.2) is 15.5 Å². The van der Waals surface area contributed by atoms with Gasteiger partial charge in [-0.05, 0) is 32.0 Å². The maximum atomic E-state index is 13.2. The lowest BCUT2D eigenvalue weighted by Crippen LogP contribution is -2.32. The van der Waals surface area contributed by atoms with Crippen LogP contribution in [0.4, 0.5) is 0 Å². The van der Waals surface area contributed by atoms with E-state index >= 15 is 0 Å². The molecule has 1 amide bonds. The average Bonchev–Trinajstić information content (AvgIpc) is 3.28. The molecule has 0 bridgehead atoms. The van der Waals surface area contributed by atoms with Crippen molar-refractivity contribution >= 4 is 26.9 Å². The van der Waals surface area contributed by atoms with Crippen molar-refractivity contribution in [2.75, 3.05) is 6.61 Å². The Morgan fingerprint density at radius 1 is 1.15 bits per heavy atom. The lowest BCUT2D eigenvalue weighted by Gasteiger charge is -2.26. The number of amides is 1. The third-order valence-corrected chi connectivity index (χ3v) is 8.16. The number of carbonyl (C=O) groups is 1. The van der Waals surface area contributed by atoms with Crippen molar-refractivity contribution < 1.29 is 17.9 Å². The van der Waals surface area contributed by atoms with Gasteiger partial charge >= 0.3 is 0 Å². The van der Waals surface area contributed by atoms with Gasteiger partial charge in [-0.3, -0.25) is 4.79 Å². The first-order valence-corrected chi connectivity index (χ1v) is 12.6. The van der Waals surface area contributed by atoms with Gasteiger partial charge in [-0.25, -0.2) is 18.4 Å². The highest BCUT2D eigenvalue weighted by Crippen LogP contribution is 2.32. The minimum Gasteiger partial charge on any atom is -0.493 e. The van der Waals surface area contributed by atoms with Crippen molar-refractivity contribution in [3.8, 4) is 17.0 Å². The predicted molar refractivity (Wildman–Crippen MR) is 128 cm³/mol. The van der Waals surface area contributed by atoms with Gasteiger partial charge in [-0.15, -0.1) is 0 Å². The van der Waals surface area contributed by atoms with Gasteiger partial charge in [-0.1, -0.05) is 30.3 Å². The maximum Gasteiger partial charge on any atom is 0.255 e. The average molecular weight is 477 g/mol. The molecule has 2 aromatic carbocycles. The third kappa shape index (κ3) is 3.92. The van der Waals surface area contributed by atoms with Crippen LogP contribution in [0.2, 0.25) is 0 Å². The predicted octanol–water partition coefficient (Wildman–Crippen LogP) is 4.06. The number of rotatable bonds is 5. The Morgan fingerprint density at radius 2 is 1.91 bits per heavy atom. The molecule has 2 aromatic heterocycles. The van der Waals surface area contributed by atoms with Crippen molar-refractivity contribution in [3.05, 3.63) is 72.1 Å². The summed E-state index contributed by atoms with van der Waals surface area (Å²) in [5.41, 5.74) is 3.56. The largest absolute Gasteiger partial charge is 0.493 e. The SMILES string of the molecule is CC(C)S(=O)(=O)c1ccc(-c2cnc3[nH]cc(C(=O)NC4CCOc5ccccc54)c3n2)cc1. The molecule has 1 aliphatic rings. The topological polar surface area (TPSA) is 114 Å². The van der Waals surface area contributed by atoms with E-state index in [2.05, 4.69) is 20.3 Å². The summed E-state index contributed by atoms with van der Waals surface area (Å²) in [6, 6.07) is 14.1. The molecule has 3 heterocycles. The number of H-pyrrole nitrogens is 1. The van der Waals surface area contributed by atoms with Gasteiger partial charge in [0.1, 0.15) is 11.3 Å². The fourth-order valence-electron chi connectivity index (χ4n) is 4.02. The summed E-state index contributed by atoms with van der Waals surface area (Å²) < 4.78 is 30.5. The number of fused-ring (bicyclic) bond motifs is 2. The van der Waals surface area contributed by atoms with Crippen LogP contribution in [-0.4, -0.2) is 41.1 Å². The zero-order valence-electron chi connectivity index (χ0n) is 18.8. The molecule has 8 nitrogen and oxygen atoms in total. The summed E-state index contributed by atoms with van der Waals surface area (Å²) in [6.07, 6.45) is 3.88. The Bertz CT molecular complexity index is 1480. The molecule has 0 radical (unpaired) electrons. The molecule has 9 heteroatoms. The molecule has 0 saturated carbocycles. The quantitative estimate of drug-likeness (QED) is 0.449. The van der Waals surface area contributed by atoms with Crippen molar-refractivity contribution in [2.45, 2.75) is 36.5 Å². The van der Waals surface area contributed by atoms with Crippen LogP contribution >= 0.6 is 0 Å². The van der Waals surface area contributed by atoms with E-state index in [1.54, 1.807) is 50.5 Å². The van der Waals surface area contributed by atoms with E-state index < -0.39 is 15.1 Å². The Hall–Kier alpha value is -3.72. The number of carbonyl (C=O) groups excluding carboxylic acids is 1. The second-order valence-corrected chi connectivity index (χ2v) is 11.0. The molecule has 1 unspecified atom stereocenters. The fraction of sp³-hybridized carbons (Fsp3) is 0.240. The van der Waals surface area contributed by atoms with Crippen molar-refractivity contribution in [1.82, 2.24) is 20.3 Å². The van der Waals surface area contributed by atoms with Crippen LogP contribution in [0.3, 0.4) is 0 Å². The molecular formula is C25H24N4O4S. The summed E-state index contributed by atoms with van der Waals surface area (Å²) in [7, 11) is -3.36. The van der Waals surface area contributed by atoms with Gasteiger partial charge in [-0.2, -0.15) is 0 Å². The van der Waals surface area contributed by atoms with Crippen LogP contribution in [0.5, 0.6) is 5.75 Å². The van der Waals surface area contributed by atoms with Crippen LogP contribution in [0.1, 0.15) is 42.2 Å². The van der Waals surface area contributed by atoms with E-state index in [0.29, 0.717) is 41.0 Å². The fourth-order valence-corrected chi connectivity index (χ4v) is 5.08. The zero-order valence-corrected chi connectivity index (χ0v) is 19.6. The first kappa shape index (κ1) is 22.1. The van der Waals surface area contributed by atoms with Crippen LogP contribution in [0.25, 0.3) is 22.4 Å². The minimum absolute atomic E-state index is 0.158. The highest BCUT2D eigenvalue weighted by atomic mass is 32.2. The number of hydrogen-bond donors (Lipinski definition) is 2. The minimum atomic E-state index is -3.36. The standard InChI is InChI=1S/C25H24N4O4S/c1-15(2)34(31,32)17-9-7-16(8-10-17)21-14-27-24-23(28-21)19(13-26-24)25(30)29-20-11-12-33-22-6-4-3-5-18(20)22/h3-10,13-15,20H,11-12H2,1-2H3,(H,26,27)(H,29,30). The molecule has 0 spiro atoms. The zero-order chi connectivity index (χ0) is 23.9. The third-order valence-electron chi connectivity index (χ3n) is 5.99. The molecule has 1 aliphatic heterocycles. The smallest absolute Gasteiger partial charge is 0.255 e. The van der Waals surface area contributed by atoms with Gasteiger partial charge in [0, 0.05) is 23.7 Å². The highest BCUT2D eigenvalue weighted by Gasteiger charge is 2.25. The number of aromatic amines is 1. The van der Waals surface area contributed by atoms with E-state index in [4.69, 9.17) is 4.74 Å². The summed E-state index contributed by atoms with van der Waals surface area (Å²) in [6.45, 7) is 3.84. The Labute approximate surface area is 197 Å². The summed E-state index contributed by atoms with van der Waals surface area (Å²) >= 11 is 0. The first-order chi connectivity index (χ1) is 16.3. The van der Waals surface area contributed by atoms with E-state index in [-0.39, 0.29) is 16.8 Å². The number of para-hydroxylation sites is 1. The van der Waals surface area contributed by atoms with Crippen molar-refractivity contribution in [1.29, 1.82) is 0 Å². The molecule has 34 heavy (non-hydrogen) atoms. The van der Waals surface area contributed by atoms with Gasteiger partial charge < -0.3 is 15.0 Å². The second kappa shape index (κ2) is 8.57. The Balaban J connectivity index is 1.43. The Morgan fingerprint density at radius 3 is 2.68 bits per heavy atom. The van der Waals surface area contributed by atoms with Gasteiger partial charge in [0.2, 0.25) is 0 Å². The van der Waals surface area contributed by atoms with Crippen LogP contribution in [0, 0.1) is 0 Å². The first-order valence-electron chi connectivity index (χ1n) is 11.1. The summed E-state index contributed by atoms with van der Waals surface area (Å²) in [4.78, 5) is 25.5. The monoisotopic (exact) mass is 476 g/mol. The highest BCUT2D eigenvalue weighted by molar-refractivity contribution is 7.92. The molecule has 0 aliphatic carbocycles. The number of sulfone groups is 1. The molecule has 5 rings (SSSR count). The number of nitrogens with zero attached hydrogens (tertiary/aromatic N) is 2. The molecule has 2 N–H and O–H groups in total. The number of hydrogen-bond acceptors (Lipinski definition) is 6. The number of benzene rings is 2. The van der Waals surface area contributed by atoms with E-state index in [0.717, 1.165) is 11.3 Å². The maximum absolute atomic E-state index is 13.2. The number of aromatic nitrogens is 3. The van der Waals surface area contributed by atoms with Crippen LogP contribution in [0.15, 0.2) is 65.8 Å². The number of ether oxygens (including phenoxy) is 1. The second-order valence-electron chi connectivity index (χ2n) is 8.47. The van der Waals surface area contributed by atoms with E-state index in [1.807, 2.05) is 24.3 Å². The van der Waals surface area contributed by atoms with E-state index in [9.17, 15) is 13.2 Å². The molecular weight excluding hydrogens is 452 g/mol. The van der Waals surface area contributed by atoms with E-state index in [1.165, 1.54) is 0 Å².